The Labute approximate surface area is 204 Å². The molecule has 0 bridgehead atoms. The van der Waals surface area contributed by atoms with Crippen LogP contribution in [-0.2, 0) is 9.53 Å². The lowest BCUT2D eigenvalue weighted by Crippen LogP contribution is -2.31. The molecule has 0 spiro atoms. The molecular formula is C23H21N7O2S2. The van der Waals surface area contributed by atoms with Crippen LogP contribution in [-0.4, -0.2) is 48.7 Å². The molecule has 1 aliphatic rings. The molecule has 0 unspecified atom stereocenters. The number of nitrogens with one attached hydrogen (secondary N) is 1. The van der Waals surface area contributed by atoms with E-state index in [2.05, 4.69) is 31.0 Å². The number of nitrogens with zero attached hydrogens (tertiary/aromatic N) is 6. The fourth-order valence-corrected chi connectivity index (χ4v) is 5.48. The Hall–Kier alpha value is -3.57. The molecule has 0 amide bonds. The van der Waals surface area contributed by atoms with Gasteiger partial charge in [0.1, 0.15) is 11.0 Å². The highest BCUT2D eigenvalue weighted by Gasteiger charge is 2.36. The van der Waals surface area contributed by atoms with Crippen LogP contribution in [0.3, 0.4) is 0 Å². The number of hydrogen-bond acceptors (Lipinski definition) is 10. The predicted molar refractivity (Wildman–Crippen MR) is 130 cm³/mol. The van der Waals surface area contributed by atoms with E-state index >= 15 is 0 Å². The predicted octanol–water partition coefficient (Wildman–Crippen LogP) is 4.12. The molecule has 9 nitrogen and oxygen atoms in total. The third-order valence-electron chi connectivity index (χ3n) is 5.25. The van der Waals surface area contributed by atoms with Crippen molar-refractivity contribution in [2.75, 3.05) is 17.7 Å². The Morgan fingerprint density at radius 1 is 1.12 bits per heavy atom. The largest absolute Gasteiger partial charge is 0.463 e. The van der Waals surface area contributed by atoms with Crippen molar-refractivity contribution in [3.63, 3.8) is 0 Å². The van der Waals surface area contributed by atoms with Crippen molar-refractivity contribution in [2.45, 2.75) is 24.2 Å². The molecule has 172 valence electrons. The number of hydrogen-bond donors (Lipinski definition) is 1. The van der Waals surface area contributed by atoms with Gasteiger partial charge in [-0.25, -0.2) is 4.79 Å². The molecule has 34 heavy (non-hydrogen) atoms. The lowest BCUT2D eigenvalue weighted by molar-refractivity contribution is -0.139. The fraction of sp³-hybridized carbons (Fsp3) is 0.217. The maximum absolute atomic E-state index is 13.2. The van der Waals surface area contributed by atoms with Crippen molar-refractivity contribution in [1.29, 1.82) is 0 Å². The van der Waals surface area contributed by atoms with Crippen LogP contribution in [0.2, 0.25) is 0 Å². The average Bonchev–Trinajstić information content (AvgIpc) is 3.53. The van der Waals surface area contributed by atoms with Gasteiger partial charge in [-0.05, 0) is 29.8 Å². The van der Waals surface area contributed by atoms with Crippen LogP contribution in [0, 0.1) is 6.92 Å². The van der Waals surface area contributed by atoms with E-state index in [0.717, 1.165) is 26.0 Å². The Morgan fingerprint density at radius 3 is 2.68 bits per heavy atom. The molecule has 0 saturated heterocycles. The van der Waals surface area contributed by atoms with Crippen molar-refractivity contribution in [3.05, 3.63) is 77.0 Å². The van der Waals surface area contributed by atoms with Gasteiger partial charge in [0.15, 0.2) is 4.34 Å². The van der Waals surface area contributed by atoms with Gasteiger partial charge in [0.2, 0.25) is 5.95 Å². The number of rotatable bonds is 7. The van der Waals surface area contributed by atoms with Gasteiger partial charge in [-0.3, -0.25) is 0 Å². The number of tetrazole rings is 1. The van der Waals surface area contributed by atoms with Crippen LogP contribution in [0.5, 0.6) is 0 Å². The minimum absolute atomic E-state index is 0.267. The number of anilines is 1. The molecule has 3 heterocycles. The molecule has 0 saturated carbocycles. The lowest BCUT2D eigenvalue weighted by atomic mass is 9.95. The van der Waals surface area contributed by atoms with Crippen LogP contribution < -0.4 is 5.32 Å². The van der Waals surface area contributed by atoms with E-state index in [0.29, 0.717) is 23.0 Å². The minimum atomic E-state index is -0.504. The molecule has 2 aromatic carbocycles. The standard InChI is InChI=1S/C23H21N7O2S2/c1-3-32-21(31)18-17(13-33-23-27-25-20(34-23)16-7-5-4-6-8-16)24-22-26-28-29-30(22)19(18)15-11-9-14(2)10-12-15/h4-12,19H,3,13H2,1-2H3,(H,24,26,29)/t19-/m0/s1. The second kappa shape index (κ2) is 9.74. The fourth-order valence-electron chi connectivity index (χ4n) is 3.65. The number of benzene rings is 2. The van der Waals surface area contributed by atoms with Crippen LogP contribution in [0.1, 0.15) is 24.1 Å². The van der Waals surface area contributed by atoms with Gasteiger partial charge in [0.05, 0.1) is 12.2 Å². The van der Waals surface area contributed by atoms with E-state index in [9.17, 15) is 4.79 Å². The van der Waals surface area contributed by atoms with E-state index in [4.69, 9.17) is 4.74 Å². The van der Waals surface area contributed by atoms with E-state index in [-0.39, 0.29) is 6.61 Å². The van der Waals surface area contributed by atoms with Crippen molar-refractivity contribution in [3.8, 4) is 10.6 Å². The summed E-state index contributed by atoms with van der Waals surface area (Å²) in [4.78, 5) is 13.2. The summed E-state index contributed by atoms with van der Waals surface area (Å²) < 4.78 is 7.85. The summed E-state index contributed by atoms with van der Waals surface area (Å²) in [7, 11) is 0. The zero-order valence-electron chi connectivity index (χ0n) is 18.5. The molecule has 1 N–H and O–H groups in total. The summed E-state index contributed by atoms with van der Waals surface area (Å²) in [5, 5.41) is 24.8. The van der Waals surface area contributed by atoms with Crippen LogP contribution in [0.4, 0.5) is 5.95 Å². The molecule has 2 aromatic heterocycles. The monoisotopic (exact) mass is 491 g/mol. The number of aryl methyl sites for hydroxylation is 1. The van der Waals surface area contributed by atoms with Crippen molar-refractivity contribution >= 4 is 35.0 Å². The molecule has 5 rings (SSSR count). The minimum Gasteiger partial charge on any atom is -0.463 e. The molecule has 0 radical (unpaired) electrons. The van der Waals surface area contributed by atoms with Gasteiger partial charge in [-0.1, -0.05) is 88.4 Å². The molecule has 11 heteroatoms. The van der Waals surface area contributed by atoms with Crippen molar-refractivity contribution < 1.29 is 9.53 Å². The summed E-state index contributed by atoms with van der Waals surface area (Å²) in [6.07, 6.45) is 0. The first-order valence-electron chi connectivity index (χ1n) is 10.7. The summed E-state index contributed by atoms with van der Waals surface area (Å²) in [5.74, 6) is 0.517. The molecule has 4 aromatic rings. The van der Waals surface area contributed by atoms with Crippen molar-refractivity contribution in [2.24, 2.45) is 0 Å². The molecular weight excluding hydrogens is 470 g/mol. The Morgan fingerprint density at radius 2 is 1.91 bits per heavy atom. The number of aromatic nitrogens is 6. The van der Waals surface area contributed by atoms with E-state index in [1.165, 1.54) is 23.1 Å². The second-order valence-corrected chi connectivity index (χ2v) is 9.73. The average molecular weight is 492 g/mol. The quantitative estimate of drug-likeness (QED) is 0.302. The molecule has 0 fully saturated rings. The summed E-state index contributed by atoms with van der Waals surface area (Å²) >= 11 is 3.01. The van der Waals surface area contributed by atoms with Crippen LogP contribution >= 0.6 is 23.1 Å². The Kier molecular flexibility index (Phi) is 6.37. The second-order valence-electron chi connectivity index (χ2n) is 7.53. The van der Waals surface area contributed by atoms with Crippen molar-refractivity contribution in [1.82, 2.24) is 30.4 Å². The topological polar surface area (TPSA) is 108 Å². The van der Waals surface area contributed by atoms with Crippen LogP contribution in [0.25, 0.3) is 10.6 Å². The van der Waals surface area contributed by atoms with E-state index < -0.39 is 12.0 Å². The molecule has 0 aliphatic carbocycles. The smallest absolute Gasteiger partial charge is 0.338 e. The number of esters is 1. The zero-order valence-corrected chi connectivity index (χ0v) is 20.1. The maximum atomic E-state index is 13.2. The Bertz CT molecular complexity index is 1330. The summed E-state index contributed by atoms with van der Waals surface area (Å²) in [5.41, 5.74) is 4.21. The first-order valence-corrected chi connectivity index (χ1v) is 12.5. The van der Waals surface area contributed by atoms with Gasteiger partial charge in [-0.2, -0.15) is 4.68 Å². The highest BCUT2D eigenvalue weighted by Crippen LogP contribution is 2.38. The van der Waals surface area contributed by atoms with Gasteiger partial charge in [0, 0.05) is 17.0 Å². The third-order valence-corrected chi connectivity index (χ3v) is 7.39. The maximum Gasteiger partial charge on any atom is 0.338 e. The number of carbonyl (C=O) groups excluding carboxylic acids is 1. The Balaban J connectivity index is 1.49. The summed E-state index contributed by atoms with van der Waals surface area (Å²) in [6, 6.07) is 17.4. The molecule has 1 aliphatic heterocycles. The van der Waals surface area contributed by atoms with E-state index in [1.54, 1.807) is 11.6 Å². The van der Waals surface area contributed by atoms with Crippen LogP contribution in [0.15, 0.2) is 70.2 Å². The van der Waals surface area contributed by atoms with Gasteiger partial charge in [0.25, 0.3) is 0 Å². The normalized spacial score (nSPS) is 15.1. The lowest BCUT2D eigenvalue weighted by Gasteiger charge is -2.28. The highest BCUT2D eigenvalue weighted by atomic mass is 32.2. The number of fused-ring (bicyclic) bond motifs is 1. The number of ether oxygens (including phenoxy) is 1. The van der Waals surface area contributed by atoms with E-state index in [1.807, 2.05) is 61.5 Å². The summed E-state index contributed by atoms with van der Waals surface area (Å²) in [6.45, 7) is 4.08. The van der Waals surface area contributed by atoms with Gasteiger partial charge < -0.3 is 10.1 Å². The van der Waals surface area contributed by atoms with Gasteiger partial charge in [-0.15, -0.1) is 10.2 Å². The zero-order chi connectivity index (χ0) is 23.5. The highest BCUT2D eigenvalue weighted by molar-refractivity contribution is 8.01. The first kappa shape index (κ1) is 22.2. The first-order chi connectivity index (χ1) is 16.6. The SMILES string of the molecule is CCOC(=O)C1=C(CSc2nnc(-c3ccccc3)s2)Nc2nnnn2[C@H]1c1ccc(C)cc1. The third kappa shape index (κ3) is 4.44. The number of thioether (sulfide) groups is 1. The number of carbonyl (C=O) groups is 1. The van der Waals surface area contributed by atoms with Gasteiger partial charge >= 0.3 is 5.97 Å². The molecule has 1 atom stereocenters.